The number of carbonyl (C=O) groups is 1. The predicted octanol–water partition coefficient (Wildman–Crippen LogP) is 3.91. The second-order valence-corrected chi connectivity index (χ2v) is 10.1. The van der Waals surface area contributed by atoms with Gasteiger partial charge in [-0.2, -0.15) is 12.8 Å². The third-order valence-corrected chi connectivity index (χ3v) is 6.49. The van der Waals surface area contributed by atoms with E-state index in [2.05, 4.69) is 15.3 Å². The maximum Gasteiger partial charge on any atom is 0.407 e. The molecule has 3 heterocycles. The average Bonchev–Trinajstić information content (AvgIpc) is 3.14. The van der Waals surface area contributed by atoms with E-state index in [4.69, 9.17) is 9.47 Å². The molecule has 0 aliphatic carbocycles. The minimum atomic E-state index is -4.51. The number of hydrogen-bond acceptors (Lipinski definition) is 7. The molecule has 3 aromatic rings. The SMILES string of the molecule is CNC(=O)OC(c1cn(S(=O)(=O)c2ccc(OC)cn2)c(-c2cccnc2F)c1F)C(C)(C)C. The Kier molecular flexibility index (Phi) is 6.92. The van der Waals surface area contributed by atoms with Crippen LogP contribution in [0, 0.1) is 17.2 Å². The van der Waals surface area contributed by atoms with Crippen LogP contribution in [0.5, 0.6) is 5.75 Å². The van der Waals surface area contributed by atoms with Crippen molar-refractivity contribution in [2.75, 3.05) is 14.2 Å². The molecule has 182 valence electrons. The normalized spacial score (nSPS) is 12.8. The molecule has 0 radical (unpaired) electrons. The average molecular weight is 495 g/mol. The summed E-state index contributed by atoms with van der Waals surface area (Å²) < 4.78 is 68.5. The van der Waals surface area contributed by atoms with E-state index in [0.29, 0.717) is 9.72 Å². The van der Waals surface area contributed by atoms with Crippen LogP contribution in [0.3, 0.4) is 0 Å². The lowest BCUT2D eigenvalue weighted by molar-refractivity contribution is 0.0294. The zero-order valence-electron chi connectivity index (χ0n) is 19.2. The second kappa shape index (κ2) is 9.37. The number of halogens is 2. The summed E-state index contributed by atoms with van der Waals surface area (Å²) >= 11 is 0. The molecule has 3 aromatic heterocycles. The highest BCUT2D eigenvalue weighted by Crippen LogP contribution is 2.42. The number of methoxy groups -OCH3 is 1. The van der Waals surface area contributed by atoms with Crippen molar-refractivity contribution in [1.29, 1.82) is 0 Å². The molecule has 3 rings (SSSR count). The minimum absolute atomic E-state index is 0.258. The lowest BCUT2D eigenvalue weighted by Crippen LogP contribution is -2.29. The van der Waals surface area contributed by atoms with Gasteiger partial charge in [0.1, 0.15) is 17.5 Å². The van der Waals surface area contributed by atoms with Crippen LogP contribution in [-0.2, 0) is 14.8 Å². The first kappa shape index (κ1) is 25.1. The first-order valence-corrected chi connectivity index (χ1v) is 11.5. The highest BCUT2D eigenvalue weighted by molar-refractivity contribution is 7.90. The molecule has 1 unspecified atom stereocenters. The van der Waals surface area contributed by atoms with Gasteiger partial charge in [0.2, 0.25) is 5.95 Å². The highest BCUT2D eigenvalue weighted by Gasteiger charge is 2.38. The summed E-state index contributed by atoms with van der Waals surface area (Å²) in [6.45, 7) is 5.05. The Hall–Kier alpha value is -3.54. The first-order chi connectivity index (χ1) is 15.9. The first-order valence-electron chi connectivity index (χ1n) is 10.1. The molecule has 12 heteroatoms. The molecule has 1 N–H and O–H groups in total. The Labute approximate surface area is 195 Å². The number of ether oxygens (including phenoxy) is 2. The number of nitrogens with one attached hydrogen (secondary N) is 1. The molecule has 0 aliphatic rings. The Morgan fingerprint density at radius 2 is 1.88 bits per heavy atom. The molecule has 0 saturated heterocycles. The van der Waals surface area contributed by atoms with E-state index in [9.17, 15) is 17.6 Å². The maximum atomic E-state index is 15.9. The fraction of sp³-hybridized carbons (Fsp3) is 0.318. The second-order valence-electron chi connectivity index (χ2n) is 8.33. The van der Waals surface area contributed by atoms with E-state index in [1.54, 1.807) is 20.8 Å². The van der Waals surface area contributed by atoms with Crippen molar-refractivity contribution in [2.45, 2.75) is 31.9 Å². The number of hydrogen-bond donors (Lipinski definition) is 1. The van der Waals surface area contributed by atoms with Crippen LogP contribution in [0.15, 0.2) is 47.9 Å². The van der Waals surface area contributed by atoms with Gasteiger partial charge in [-0.15, -0.1) is 0 Å². The Balaban J connectivity index is 2.32. The van der Waals surface area contributed by atoms with E-state index < -0.39 is 55.7 Å². The molecular weight excluding hydrogens is 470 g/mol. The van der Waals surface area contributed by atoms with E-state index in [-0.39, 0.29) is 5.56 Å². The van der Waals surface area contributed by atoms with Crippen LogP contribution < -0.4 is 10.1 Å². The largest absolute Gasteiger partial charge is 0.495 e. The van der Waals surface area contributed by atoms with Gasteiger partial charge in [-0.3, -0.25) is 0 Å². The van der Waals surface area contributed by atoms with Crippen molar-refractivity contribution < 1.29 is 31.5 Å². The summed E-state index contributed by atoms with van der Waals surface area (Å²) in [7, 11) is -1.79. The minimum Gasteiger partial charge on any atom is -0.495 e. The summed E-state index contributed by atoms with van der Waals surface area (Å²) in [6.07, 6.45) is 1.24. The fourth-order valence-corrected chi connectivity index (χ4v) is 4.57. The van der Waals surface area contributed by atoms with Gasteiger partial charge in [0.15, 0.2) is 10.8 Å². The quantitative estimate of drug-likeness (QED) is 0.517. The van der Waals surface area contributed by atoms with E-state index in [1.807, 2.05) is 0 Å². The van der Waals surface area contributed by atoms with E-state index in [1.165, 1.54) is 44.6 Å². The van der Waals surface area contributed by atoms with E-state index >= 15 is 4.39 Å². The number of alkyl carbamates (subject to hydrolysis) is 1. The fourth-order valence-electron chi connectivity index (χ4n) is 3.27. The molecule has 1 amide bonds. The van der Waals surface area contributed by atoms with Crippen molar-refractivity contribution in [3.63, 3.8) is 0 Å². The summed E-state index contributed by atoms with van der Waals surface area (Å²) in [5, 5.41) is 1.85. The molecule has 0 bridgehead atoms. The lowest BCUT2D eigenvalue weighted by Gasteiger charge is -2.29. The Morgan fingerprint density at radius 1 is 1.18 bits per heavy atom. The summed E-state index contributed by atoms with van der Waals surface area (Å²) in [5.74, 6) is -1.85. The zero-order valence-corrected chi connectivity index (χ0v) is 20.0. The van der Waals surface area contributed by atoms with Gasteiger partial charge < -0.3 is 14.8 Å². The standard InChI is InChI=1S/C22H24F2N4O5S/c1-22(2,3)19(33-21(29)25-4)15-12-28(18(17(15)23)14-7-6-10-26-20(14)24)34(30,31)16-9-8-13(32-5)11-27-16/h6-12,19H,1-5H3,(H,25,29). The van der Waals surface area contributed by atoms with Crippen molar-refractivity contribution in [3.05, 3.63) is 60.2 Å². The number of carbonyl (C=O) groups excluding carboxylic acids is 1. The van der Waals surface area contributed by atoms with Crippen LogP contribution in [-0.4, -0.2) is 42.6 Å². The van der Waals surface area contributed by atoms with Gasteiger partial charge in [0, 0.05) is 30.4 Å². The molecular formula is C22H24F2N4O5S. The number of pyridine rings is 2. The molecule has 0 saturated carbocycles. The van der Waals surface area contributed by atoms with Gasteiger partial charge in [-0.25, -0.2) is 23.1 Å². The number of rotatable bonds is 6. The Morgan fingerprint density at radius 3 is 2.41 bits per heavy atom. The maximum absolute atomic E-state index is 15.9. The Bertz CT molecular complexity index is 1300. The molecule has 34 heavy (non-hydrogen) atoms. The zero-order chi connectivity index (χ0) is 25.3. The van der Waals surface area contributed by atoms with Crippen molar-refractivity contribution in [1.82, 2.24) is 19.3 Å². The van der Waals surface area contributed by atoms with Gasteiger partial charge in [0.25, 0.3) is 10.0 Å². The molecule has 0 fully saturated rings. The molecule has 0 spiro atoms. The van der Waals surface area contributed by atoms with Crippen LogP contribution in [0.25, 0.3) is 11.3 Å². The van der Waals surface area contributed by atoms with E-state index in [0.717, 1.165) is 12.4 Å². The summed E-state index contributed by atoms with van der Waals surface area (Å²) in [6, 6.07) is 5.09. The van der Waals surface area contributed by atoms with Crippen LogP contribution in [0.2, 0.25) is 0 Å². The summed E-state index contributed by atoms with van der Waals surface area (Å²) in [5.41, 5.74) is -2.11. The van der Waals surface area contributed by atoms with Crippen molar-refractivity contribution >= 4 is 16.1 Å². The monoisotopic (exact) mass is 494 g/mol. The molecule has 0 aromatic carbocycles. The molecule has 1 atom stereocenters. The third kappa shape index (κ3) is 4.72. The predicted molar refractivity (Wildman–Crippen MR) is 119 cm³/mol. The van der Waals surface area contributed by atoms with Crippen LogP contribution in [0.1, 0.15) is 32.4 Å². The highest BCUT2D eigenvalue weighted by atomic mass is 32.2. The van der Waals surface area contributed by atoms with Gasteiger partial charge in [-0.05, 0) is 24.3 Å². The third-order valence-electron chi connectivity index (χ3n) is 4.92. The van der Waals surface area contributed by atoms with Gasteiger partial charge in [0.05, 0.1) is 18.9 Å². The number of aromatic nitrogens is 3. The van der Waals surface area contributed by atoms with Crippen LogP contribution >= 0.6 is 0 Å². The summed E-state index contributed by atoms with van der Waals surface area (Å²) in [4.78, 5) is 19.4. The number of amides is 1. The topological polar surface area (TPSA) is 112 Å². The molecule has 0 aliphatic heterocycles. The lowest BCUT2D eigenvalue weighted by atomic mass is 9.85. The van der Waals surface area contributed by atoms with Crippen LogP contribution in [0.4, 0.5) is 13.6 Å². The van der Waals surface area contributed by atoms with Crippen molar-refractivity contribution in [2.24, 2.45) is 5.41 Å². The van der Waals surface area contributed by atoms with Crippen molar-refractivity contribution in [3.8, 4) is 17.0 Å². The number of nitrogens with zero attached hydrogens (tertiary/aromatic N) is 3. The van der Waals surface area contributed by atoms with Gasteiger partial charge in [-0.1, -0.05) is 20.8 Å². The molecule has 9 nitrogen and oxygen atoms in total. The van der Waals surface area contributed by atoms with Gasteiger partial charge >= 0.3 is 6.09 Å². The smallest absolute Gasteiger partial charge is 0.407 e.